The summed E-state index contributed by atoms with van der Waals surface area (Å²) in [4.78, 5) is 16.3. The molecule has 1 aromatic carbocycles. The molecule has 3 heterocycles. The maximum atomic E-state index is 12.2. The Hall–Kier alpha value is -3.53. The van der Waals surface area contributed by atoms with Crippen LogP contribution in [0.15, 0.2) is 66.5 Å². The molecule has 0 atom stereocenters. The van der Waals surface area contributed by atoms with Gasteiger partial charge in [0.1, 0.15) is 17.9 Å². The van der Waals surface area contributed by atoms with Crippen LogP contribution in [-0.4, -0.2) is 46.4 Å². The second kappa shape index (κ2) is 8.65. The number of aromatic nitrogens is 7. The lowest BCUT2D eigenvalue weighted by Crippen LogP contribution is -2.15. The molecule has 0 unspecified atom stereocenters. The lowest BCUT2D eigenvalue weighted by molar-refractivity contribution is -0.113. The average Bonchev–Trinajstić information content (AvgIpc) is 3.32. The maximum Gasteiger partial charge on any atom is 0.236 e. The Morgan fingerprint density at radius 3 is 2.83 bits per heavy atom. The topological polar surface area (TPSA) is 103 Å². The average molecular weight is 406 g/mol. The van der Waals surface area contributed by atoms with Gasteiger partial charge in [0, 0.05) is 12.7 Å². The molecule has 4 rings (SSSR count). The molecular weight excluding hydrogens is 388 g/mol. The number of thioether (sulfide) groups is 1. The summed E-state index contributed by atoms with van der Waals surface area (Å²) in [5, 5.41) is 20.3. The molecule has 1 N–H and O–H groups in total. The van der Waals surface area contributed by atoms with Gasteiger partial charge in [-0.05, 0) is 24.3 Å². The Balaban J connectivity index is 1.47. The van der Waals surface area contributed by atoms with Crippen molar-refractivity contribution in [2.24, 2.45) is 0 Å². The number of carbonyl (C=O) groups is 1. The number of pyridine rings is 1. The molecule has 29 heavy (non-hydrogen) atoms. The van der Waals surface area contributed by atoms with Crippen molar-refractivity contribution in [1.29, 1.82) is 0 Å². The van der Waals surface area contributed by atoms with E-state index in [4.69, 9.17) is 0 Å². The number of anilines is 1. The first kappa shape index (κ1) is 18.8. The summed E-state index contributed by atoms with van der Waals surface area (Å²) in [7, 11) is 0. The first-order valence-corrected chi connectivity index (χ1v) is 9.88. The number of fused-ring (bicyclic) bond motifs is 1. The molecule has 1 amide bonds. The first-order valence-electron chi connectivity index (χ1n) is 8.89. The standard InChI is InChI=1S/C19H18N8OS/c1-2-11-26-17(12-27-15-8-4-3-7-14(15)22-25-27)23-24-19(26)29-13-18(28)21-16-9-5-6-10-20-16/h2-10H,1,11-13H2,(H,20,21,28). The number of benzene rings is 1. The van der Waals surface area contributed by atoms with Crippen molar-refractivity contribution in [3.8, 4) is 0 Å². The molecule has 0 radical (unpaired) electrons. The van der Waals surface area contributed by atoms with E-state index < -0.39 is 0 Å². The van der Waals surface area contributed by atoms with Gasteiger partial charge in [0.15, 0.2) is 11.0 Å². The van der Waals surface area contributed by atoms with Gasteiger partial charge in [-0.3, -0.25) is 4.79 Å². The summed E-state index contributed by atoms with van der Waals surface area (Å²) in [6.45, 7) is 4.75. The zero-order valence-corrected chi connectivity index (χ0v) is 16.3. The number of hydrogen-bond donors (Lipinski definition) is 1. The molecular formula is C19H18N8OS. The highest BCUT2D eigenvalue weighted by atomic mass is 32.2. The van der Waals surface area contributed by atoms with Crippen LogP contribution in [0.1, 0.15) is 5.82 Å². The van der Waals surface area contributed by atoms with Crippen molar-refractivity contribution in [2.45, 2.75) is 18.2 Å². The van der Waals surface area contributed by atoms with Crippen LogP contribution in [0, 0.1) is 0 Å². The van der Waals surface area contributed by atoms with Crippen molar-refractivity contribution in [3.63, 3.8) is 0 Å². The number of carbonyl (C=O) groups excluding carboxylic acids is 1. The van der Waals surface area contributed by atoms with Gasteiger partial charge in [0.2, 0.25) is 5.91 Å². The number of amides is 1. The fraction of sp³-hybridized carbons (Fsp3) is 0.158. The van der Waals surface area contributed by atoms with Crippen molar-refractivity contribution < 1.29 is 4.79 Å². The number of para-hydroxylation sites is 1. The normalized spacial score (nSPS) is 10.9. The molecule has 4 aromatic rings. The van der Waals surface area contributed by atoms with Gasteiger partial charge in [-0.15, -0.1) is 21.9 Å². The lowest BCUT2D eigenvalue weighted by atomic mass is 10.3. The molecule has 0 aliphatic carbocycles. The van der Waals surface area contributed by atoms with Gasteiger partial charge < -0.3 is 9.88 Å². The minimum absolute atomic E-state index is 0.161. The van der Waals surface area contributed by atoms with E-state index in [1.54, 1.807) is 29.1 Å². The molecule has 0 spiro atoms. The van der Waals surface area contributed by atoms with Crippen molar-refractivity contribution in [3.05, 3.63) is 67.1 Å². The van der Waals surface area contributed by atoms with Crippen molar-refractivity contribution >= 4 is 34.5 Å². The first-order chi connectivity index (χ1) is 14.2. The lowest BCUT2D eigenvalue weighted by Gasteiger charge is -2.08. The Morgan fingerprint density at radius 1 is 1.14 bits per heavy atom. The predicted octanol–water partition coefficient (Wildman–Crippen LogP) is 2.38. The largest absolute Gasteiger partial charge is 0.310 e. The fourth-order valence-electron chi connectivity index (χ4n) is 2.77. The van der Waals surface area contributed by atoms with Crippen LogP contribution in [0.4, 0.5) is 5.82 Å². The minimum Gasteiger partial charge on any atom is -0.310 e. The number of hydrogen-bond acceptors (Lipinski definition) is 7. The van der Waals surface area contributed by atoms with Gasteiger partial charge in [0.25, 0.3) is 0 Å². The van der Waals surface area contributed by atoms with E-state index in [0.29, 0.717) is 29.9 Å². The van der Waals surface area contributed by atoms with Gasteiger partial charge in [-0.25, -0.2) is 9.67 Å². The Labute approximate surface area is 170 Å². The fourth-order valence-corrected chi connectivity index (χ4v) is 3.54. The minimum atomic E-state index is -0.161. The molecule has 0 aliphatic heterocycles. The Morgan fingerprint density at radius 2 is 2.00 bits per heavy atom. The van der Waals surface area contributed by atoms with Crippen LogP contribution in [0.3, 0.4) is 0 Å². The Bertz CT molecular complexity index is 1140. The van der Waals surface area contributed by atoms with E-state index in [-0.39, 0.29) is 11.7 Å². The van der Waals surface area contributed by atoms with Gasteiger partial charge in [0.05, 0.1) is 11.3 Å². The second-order valence-corrected chi connectivity index (χ2v) is 7.03. The third-order valence-corrected chi connectivity index (χ3v) is 5.05. The molecule has 0 saturated heterocycles. The van der Waals surface area contributed by atoms with Gasteiger partial charge in [-0.2, -0.15) is 0 Å². The molecule has 0 aliphatic rings. The summed E-state index contributed by atoms with van der Waals surface area (Å²) in [5.41, 5.74) is 1.74. The van der Waals surface area contributed by atoms with E-state index in [0.717, 1.165) is 11.0 Å². The van der Waals surface area contributed by atoms with Crippen molar-refractivity contribution in [2.75, 3.05) is 11.1 Å². The highest BCUT2D eigenvalue weighted by molar-refractivity contribution is 7.99. The van der Waals surface area contributed by atoms with E-state index >= 15 is 0 Å². The molecule has 0 fully saturated rings. The predicted molar refractivity (Wildman–Crippen MR) is 110 cm³/mol. The van der Waals surface area contributed by atoms with Crippen LogP contribution in [0.25, 0.3) is 11.0 Å². The van der Waals surface area contributed by atoms with Crippen molar-refractivity contribution in [1.82, 2.24) is 34.7 Å². The third-order valence-electron chi connectivity index (χ3n) is 4.08. The number of rotatable bonds is 8. The number of allylic oxidation sites excluding steroid dienone is 1. The molecule has 0 bridgehead atoms. The van der Waals surface area contributed by atoms with E-state index in [2.05, 4.69) is 37.4 Å². The second-order valence-electron chi connectivity index (χ2n) is 6.09. The molecule has 3 aromatic heterocycles. The SMILES string of the molecule is C=CCn1c(Cn2nnc3ccccc32)nnc1SCC(=O)Nc1ccccn1. The van der Waals surface area contributed by atoms with Crippen LogP contribution < -0.4 is 5.32 Å². The smallest absolute Gasteiger partial charge is 0.236 e. The van der Waals surface area contributed by atoms with Crippen LogP contribution in [0.5, 0.6) is 0 Å². The summed E-state index contributed by atoms with van der Waals surface area (Å²) >= 11 is 1.31. The van der Waals surface area contributed by atoms with Gasteiger partial charge >= 0.3 is 0 Å². The van der Waals surface area contributed by atoms with E-state index in [1.807, 2.05) is 34.9 Å². The molecule has 10 heteroatoms. The zero-order chi connectivity index (χ0) is 20.1. The maximum absolute atomic E-state index is 12.2. The highest BCUT2D eigenvalue weighted by Crippen LogP contribution is 2.19. The molecule has 0 saturated carbocycles. The molecule has 146 valence electrons. The number of nitrogens with one attached hydrogen (secondary N) is 1. The van der Waals surface area contributed by atoms with Crippen LogP contribution in [0.2, 0.25) is 0 Å². The van der Waals surface area contributed by atoms with Gasteiger partial charge in [-0.1, -0.05) is 41.3 Å². The monoisotopic (exact) mass is 406 g/mol. The summed E-state index contributed by atoms with van der Waals surface area (Å²) in [6.07, 6.45) is 3.40. The van der Waals surface area contributed by atoms with E-state index in [1.165, 1.54) is 11.8 Å². The van der Waals surface area contributed by atoms with E-state index in [9.17, 15) is 4.79 Å². The summed E-state index contributed by atoms with van der Waals surface area (Å²) < 4.78 is 3.70. The summed E-state index contributed by atoms with van der Waals surface area (Å²) in [5.74, 6) is 1.27. The number of nitrogens with zero attached hydrogens (tertiary/aromatic N) is 7. The van der Waals surface area contributed by atoms with Crippen LogP contribution >= 0.6 is 11.8 Å². The summed E-state index contributed by atoms with van der Waals surface area (Å²) in [6, 6.07) is 13.1. The third kappa shape index (κ3) is 4.32. The molecule has 9 nitrogen and oxygen atoms in total. The Kier molecular flexibility index (Phi) is 5.61. The highest BCUT2D eigenvalue weighted by Gasteiger charge is 2.15. The van der Waals surface area contributed by atoms with Crippen LogP contribution in [-0.2, 0) is 17.9 Å². The quantitative estimate of drug-likeness (QED) is 0.354. The zero-order valence-electron chi connectivity index (χ0n) is 15.5.